The molecule has 44 heavy (non-hydrogen) atoms. The molecule has 2 N–H and O–H groups in total. The van der Waals surface area contributed by atoms with Crippen LogP contribution in [-0.2, 0) is 20.8 Å². The Morgan fingerprint density at radius 3 is 2.30 bits per heavy atom. The molecule has 1 unspecified atom stereocenters. The third kappa shape index (κ3) is 8.10. The summed E-state index contributed by atoms with van der Waals surface area (Å²) in [6, 6.07) is 12.6. The third-order valence-corrected chi connectivity index (χ3v) is 9.35. The van der Waals surface area contributed by atoms with Gasteiger partial charge in [0, 0.05) is 29.9 Å². The van der Waals surface area contributed by atoms with Crippen LogP contribution in [0.3, 0.4) is 0 Å². The van der Waals surface area contributed by atoms with Crippen LogP contribution in [0.25, 0.3) is 0 Å². The minimum Gasteiger partial charge on any atom is -0.394 e. The average Bonchev–Trinajstić information content (AvgIpc) is 3.02. The number of amides is 1. The molecule has 238 valence electrons. The molecule has 8 nitrogen and oxygen atoms in total. The molecule has 1 aliphatic rings. The van der Waals surface area contributed by atoms with Crippen molar-refractivity contribution in [2.24, 2.45) is 0 Å². The van der Waals surface area contributed by atoms with E-state index in [4.69, 9.17) is 0 Å². The highest BCUT2D eigenvalue weighted by Crippen LogP contribution is 2.36. The fraction of sp³-hybridized carbons (Fsp3) is 0.400. The number of hydrogen-bond acceptors (Lipinski definition) is 7. The van der Waals surface area contributed by atoms with E-state index in [1.165, 1.54) is 49.5 Å². The van der Waals surface area contributed by atoms with Gasteiger partial charge < -0.3 is 20.1 Å². The quantitative estimate of drug-likeness (QED) is 0.272. The van der Waals surface area contributed by atoms with Crippen molar-refractivity contribution in [2.75, 3.05) is 30.4 Å². The van der Waals surface area contributed by atoms with Gasteiger partial charge in [-0.2, -0.15) is 22.0 Å². The molecule has 0 bridgehead atoms. The molecular formula is C30H32F5N3O5S. The van der Waals surface area contributed by atoms with E-state index in [0.717, 1.165) is 12.1 Å². The van der Waals surface area contributed by atoms with Crippen LogP contribution in [0.1, 0.15) is 58.9 Å². The first-order valence-electron chi connectivity index (χ1n) is 13.9. The van der Waals surface area contributed by atoms with Crippen molar-refractivity contribution in [1.29, 1.82) is 0 Å². The number of carbonyl (C=O) groups is 1. The lowest BCUT2D eigenvalue weighted by Gasteiger charge is -2.41. The molecule has 1 saturated heterocycles. The van der Waals surface area contributed by atoms with Gasteiger partial charge in [-0.15, -0.1) is 0 Å². The summed E-state index contributed by atoms with van der Waals surface area (Å²) < 4.78 is 93.5. The summed E-state index contributed by atoms with van der Waals surface area (Å²) in [5.74, 6) is -0.807. The number of aliphatic hydroxyl groups excluding tert-OH is 1. The first kappa shape index (κ1) is 33.3. The molecule has 0 spiro atoms. The molecule has 1 aliphatic heterocycles. The van der Waals surface area contributed by atoms with Gasteiger partial charge in [-0.05, 0) is 66.9 Å². The van der Waals surface area contributed by atoms with Crippen LogP contribution in [0.4, 0.5) is 27.6 Å². The Morgan fingerprint density at radius 1 is 1.07 bits per heavy atom. The Balaban J connectivity index is 1.49. The summed E-state index contributed by atoms with van der Waals surface area (Å²) in [4.78, 5) is 18.9. The van der Waals surface area contributed by atoms with Gasteiger partial charge in [-0.25, -0.2) is 8.42 Å². The lowest BCUT2D eigenvalue weighted by atomic mass is 9.86. The second-order valence-corrected chi connectivity index (χ2v) is 12.7. The molecule has 4 rings (SSSR count). The topological polar surface area (TPSA) is 109 Å². The zero-order chi connectivity index (χ0) is 32.1. The van der Waals surface area contributed by atoms with E-state index in [1.54, 1.807) is 12.1 Å². The second kappa shape index (κ2) is 14.0. The molecule has 1 amide bonds. The number of benzene rings is 2. The zero-order valence-electron chi connectivity index (χ0n) is 23.7. The SMILES string of the molecule is CCS(=O)(=O)c1ccc([C@H](CO)NC(=O)c2ccc(N3CC(c4ccc(C(F)(F)F)cc4)CC[C@H]3COC(F)F)cc2)nc1. The highest BCUT2D eigenvalue weighted by atomic mass is 32.2. The molecule has 0 radical (unpaired) electrons. The largest absolute Gasteiger partial charge is 0.416 e. The Bertz CT molecular complexity index is 1500. The van der Waals surface area contributed by atoms with Crippen molar-refractivity contribution in [3.63, 3.8) is 0 Å². The van der Waals surface area contributed by atoms with Crippen LogP contribution in [-0.4, -0.2) is 62.6 Å². The number of rotatable bonds is 11. The van der Waals surface area contributed by atoms with Crippen LogP contribution in [0.2, 0.25) is 0 Å². The van der Waals surface area contributed by atoms with E-state index < -0.39 is 52.8 Å². The standard InChI is InChI=1S/C30H32F5N3O5S/c1-2-44(41,42)25-13-14-26(36-15-25)27(17-39)37-28(40)20-5-10-23(11-6-20)38-16-21(7-12-24(38)18-43-29(31)32)19-3-8-22(9-4-19)30(33,34)35/h3-6,8-11,13-15,21,24,27,29,39H,2,7,12,16-18H2,1H3,(H,37,40)/t21?,24-,27-/m0/s1. The number of pyridine rings is 1. The summed E-state index contributed by atoms with van der Waals surface area (Å²) in [6.07, 6.45) is -2.28. The summed E-state index contributed by atoms with van der Waals surface area (Å²) in [7, 11) is -3.47. The van der Waals surface area contributed by atoms with Crippen LogP contribution >= 0.6 is 0 Å². The van der Waals surface area contributed by atoms with Crippen molar-refractivity contribution in [3.8, 4) is 0 Å². The first-order chi connectivity index (χ1) is 20.8. The molecule has 1 fully saturated rings. The number of ether oxygens (including phenoxy) is 1. The number of aliphatic hydroxyl groups is 1. The summed E-state index contributed by atoms with van der Waals surface area (Å²) in [5, 5.41) is 12.5. The van der Waals surface area contributed by atoms with Gasteiger partial charge in [-0.1, -0.05) is 19.1 Å². The number of carbonyl (C=O) groups excluding carboxylic acids is 1. The predicted molar refractivity (Wildman–Crippen MR) is 152 cm³/mol. The fourth-order valence-corrected chi connectivity index (χ4v) is 5.95. The maximum atomic E-state index is 13.0. The maximum Gasteiger partial charge on any atom is 0.416 e. The number of sulfone groups is 1. The van der Waals surface area contributed by atoms with Gasteiger partial charge in [0.2, 0.25) is 0 Å². The Labute approximate surface area is 251 Å². The van der Waals surface area contributed by atoms with Crippen molar-refractivity contribution >= 4 is 21.4 Å². The molecule has 0 aliphatic carbocycles. The Kier molecular flexibility index (Phi) is 10.6. The highest BCUT2D eigenvalue weighted by Gasteiger charge is 2.33. The van der Waals surface area contributed by atoms with Gasteiger partial charge in [0.15, 0.2) is 9.84 Å². The van der Waals surface area contributed by atoms with Gasteiger partial charge in [-0.3, -0.25) is 9.78 Å². The van der Waals surface area contributed by atoms with Crippen molar-refractivity contribution in [3.05, 3.63) is 89.2 Å². The monoisotopic (exact) mass is 641 g/mol. The number of nitrogens with zero attached hydrogens (tertiary/aromatic N) is 2. The van der Waals surface area contributed by atoms with E-state index >= 15 is 0 Å². The number of piperidine rings is 1. The van der Waals surface area contributed by atoms with Crippen LogP contribution in [0, 0.1) is 0 Å². The van der Waals surface area contributed by atoms with Crippen molar-refractivity contribution in [1.82, 2.24) is 10.3 Å². The third-order valence-electron chi connectivity index (χ3n) is 7.63. The van der Waals surface area contributed by atoms with Crippen molar-refractivity contribution < 1.29 is 45.0 Å². The number of nitrogens with one attached hydrogen (secondary N) is 1. The highest BCUT2D eigenvalue weighted by molar-refractivity contribution is 7.91. The van der Waals surface area contributed by atoms with Gasteiger partial charge in [0.05, 0.1) is 47.2 Å². The molecule has 3 atom stereocenters. The van der Waals surface area contributed by atoms with E-state index in [0.29, 0.717) is 30.6 Å². The zero-order valence-corrected chi connectivity index (χ0v) is 24.5. The summed E-state index contributed by atoms with van der Waals surface area (Å²) in [6.45, 7) is -1.89. The molecular weight excluding hydrogens is 609 g/mol. The first-order valence-corrected chi connectivity index (χ1v) is 15.5. The average molecular weight is 642 g/mol. The van der Waals surface area contributed by atoms with Gasteiger partial charge >= 0.3 is 12.8 Å². The molecule has 0 saturated carbocycles. The molecule has 2 heterocycles. The van der Waals surface area contributed by atoms with E-state index in [1.807, 2.05) is 4.90 Å². The number of alkyl halides is 5. The lowest BCUT2D eigenvalue weighted by molar-refractivity contribution is -0.137. The van der Waals surface area contributed by atoms with E-state index in [9.17, 15) is 40.3 Å². The fourth-order valence-electron chi connectivity index (χ4n) is 5.12. The van der Waals surface area contributed by atoms with E-state index in [-0.39, 0.29) is 34.4 Å². The van der Waals surface area contributed by atoms with Gasteiger partial charge in [0.25, 0.3) is 5.91 Å². The summed E-state index contributed by atoms with van der Waals surface area (Å²) >= 11 is 0. The number of anilines is 1. The number of hydrogen-bond donors (Lipinski definition) is 2. The van der Waals surface area contributed by atoms with Crippen LogP contribution in [0.5, 0.6) is 0 Å². The normalized spacial score (nSPS) is 18.3. The molecule has 3 aromatic rings. The van der Waals surface area contributed by atoms with E-state index in [2.05, 4.69) is 15.0 Å². The Morgan fingerprint density at radius 2 is 1.75 bits per heavy atom. The van der Waals surface area contributed by atoms with Crippen LogP contribution < -0.4 is 10.2 Å². The Hall–Kier alpha value is -3.62. The minimum absolute atomic E-state index is 0.0258. The van der Waals surface area contributed by atoms with Crippen molar-refractivity contribution in [2.45, 2.75) is 55.5 Å². The van der Waals surface area contributed by atoms with Crippen LogP contribution in [0.15, 0.2) is 71.8 Å². The maximum absolute atomic E-state index is 13.0. The number of halogens is 5. The minimum atomic E-state index is -4.46. The predicted octanol–water partition coefficient (Wildman–Crippen LogP) is 5.35. The van der Waals surface area contributed by atoms with Gasteiger partial charge in [0.1, 0.15) is 0 Å². The molecule has 14 heteroatoms. The smallest absolute Gasteiger partial charge is 0.394 e. The molecule has 1 aromatic heterocycles. The second-order valence-electron chi connectivity index (χ2n) is 10.4. The lowest BCUT2D eigenvalue weighted by Crippen LogP contribution is -2.45. The summed E-state index contributed by atoms with van der Waals surface area (Å²) in [5.41, 5.74) is 1.03. The molecule has 2 aromatic carbocycles. The number of aromatic nitrogens is 1.